The summed E-state index contributed by atoms with van der Waals surface area (Å²) in [6.07, 6.45) is 4.43. The van der Waals surface area contributed by atoms with Crippen LogP contribution in [0, 0.1) is 5.92 Å². The highest BCUT2D eigenvalue weighted by Gasteiger charge is 2.29. The first kappa shape index (κ1) is 14.9. The lowest BCUT2D eigenvalue weighted by atomic mass is 9.79. The summed E-state index contributed by atoms with van der Waals surface area (Å²) in [4.78, 5) is 11.9. The number of aliphatic hydroxyl groups excluding tert-OH is 1. The van der Waals surface area contributed by atoms with E-state index in [2.05, 4.69) is 0 Å². The van der Waals surface area contributed by atoms with E-state index in [4.69, 9.17) is 5.11 Å². The molecule has 4 nitrogen and oxygen atoms in total. The van der Waals surface area contributed by atoms with Gasteiger partial charge in [-0.25, -0.2) is 0 Å². The SMILES string of the molecule is O=C1CCC[C@H](CCCO)[C@@H](c2ccc(O)cc2O)C1. The Balaban J connectivity index is 2.27. The Bertz CT molecular complexity index is 470. The lowest BCUT2D eigenvalue weighted by molar-refractivity contribution is -0.119. The van der Waals surface area contributed by atoms with Gasteiger partial charge in [0.15, 0.2) is 0 Å². The lowest BCUT2D eigenvalue weighted by Crippen LogP contribution is -2.14. The van der Waals surface area contributed by atoms with Crippen LogP contribution in [0.5, 0.6) is 11.5 Å². The first-order valence-corrected chi connectivity index (χ1v) is 7.26. The second kappa shape index (κ2) is 6.75. The molecule has 4 heteroatoms. The van der Waals surface area contributed by atoms with Crippen LogP contribution in [0.2, 0.25) is 0 Å². The van der Waals surface area contributed by atoms with Crippen LogP contribution in [-0.2, 0) is 4.79 Å². The van der Waals surface area contributed by atoms with Crippen LogP contribution in [0.25, 0.3) is 0 Å². The molecule has 20 heavy (non-hydrogen) atoms. The van der Waals surface area contributed by atoms with Gasteiger partial charge in [0.05, 0.1) is 0 Å². The largest absolute Gasteiger partial charge is 0.508 e. The minimum absolute atomic E-state index is 0.0165. The van der Waals surface area contributed by atoms with E-state index in [9.17, 15) is 15.0 Å². The summed E-state index contributed by atoms with van der Waals surface area (Å²) in [5.41, 5.74) is 0.737. The molecule has 1 saturated carbocycles. The van der Waals surface area contributed by atoms with E-state index in [-0.39, 0.29) is 29.8 Å². The van der Waals surface area contributed by atoms with Crippen molar-refractivity contribution >= 4 is 5.78 Å². The highest BCUT2D eigenvalue weighted by Crippen LogP contribution is 2.41. The molecule has 1 aromatic carbocycles. The maximum atomic E-state index is 11.9. The first-order chi connectivity index (χ1) is 9.61. The Morgan fingerprint density at radius 1 is 1.25 bits per heavy atom. The van der Waals surface area contributed by atoms with Crippen LogP contribution in [-0.4, -0.2) is 27.7 Å². The standard InChI is InChI=1S/C16H22O4/c17-8-2-4-11-3-1-5-12(18)9-15(11)14-7-6-13(19)10-16(14)20/h6-7,10-11,15,17,19-20H,1-5,8-9H2/t11-,15+/m1/s1. The molecule has 1 aliphatic carbocycles. The fourth-order valence-electron chi connectivity index (χ4n) is 3.19. The van der Waals surface area contributed by atoms with Crippen molar-refractivity contribution in [2.45, 2.75) is 44.4 Å². The molecule has 2 rings (SSSR count). The van der Waals surface area contributed by atoms with E-state index < -0.39 is 0 Å². The molecule has 0 aliphatic heterocycles. The molecule has 0 aromatic heterocycles. The summed E-state index contributed by atoms with van der Waals surface area (Å²) in [5.74, 6) is 0.590. The van der Waals surface area contributed by atoms with Gasteiger partial charge in [0.25, 0.3) is 0 Å². The van der Waals surface area contributed by atoms with Gasteiger partial charge in [0.1, 0.15) is 17.3 Å². The molecule has 0 bridgehead atoms. The maximum absolute atomic E-state index is 11.9. The average Bonchev–Trinajstić information content (AvgIpc) is 2.58. The van der Waals surface area contributed by atoms with E-state index in [1.807, 2.05) is 0 Å². The summed E-state index contributed by atoms with van der Waals surface area (Å²) < 4.78 is 0. The molecule has 0 radical (unpaired) electrons. The number of hydrogen-bond donors (Lipinski definition) is 3. The van der Waals surface area contributed by atoms with Crippen molar-refractivity contribution in [1.29, 1.82) is 0 Å². The second-order valence-electron chi connectivity index (χ2n) is 5.61. The number of rotatable bonds is 4. The van der Waals surface area contributed by atoms with Crippen molar-refractivity contribution in [2.75, 3.05) is 6.61 Å². The van der Waals surface area contributed by atoms with Crippen molar-refractivity contribution in [3.63, 3.8) is 0 Å². The number of aliphatic hydroxyl groups is 1. The van der Waals surface area contributed by atoms with Crippen LogP contribution in [0.3, 0.4) is 0 Å². The third-order valence-electron chi connectivity index (χ3n) is 4.19. The van der Waals surface area contributed by atoms with Gasteiger partial charge in [-0.3, -0.25) is 4.79 Å². The number of carbonyl (C=O) groups excluding carboxylic acids is 1. The predicted molar refractivity (Wildman–Crippen MR) is 75.8 cm³/mol. The highest BCUT2D eigenvalue weighted by molar-refractivity contribution is 5.79. The third kappa shape index (κ3) is 3.51. The quantitative estimate of drug-likeness (QED) is 0.740. The van der Waals surface area contributed by atoms with Gasteiger partial charge in [0.2, 0.25) is 0 Å². The number of ketones is 1. The smallest absolute Gasteiger partial charge is 0.133 e. The molecule has 0 unspecified atom stereocenters. The zero-order chi connectivity index (χ0) is 14.5. The molecular formula is C16H22O4. The fourth-order valence-corrected chi connectivity index (χ4v) is 3.19. The lowest BCUT2D eigenvalue weighted by Gasteiger charge is -2.25. The van der Waals surface area contributed by atoms with Crippen LogP contribution >= 0.6 is 0 Å². The molecule has 2 atom stereocenters. The van der Waals surface area contributed by atoms with Gasteiger partial charge >= 0.3 is 0 Å². The number of phenols is 2. The van der Waals surface area contributed by atoms with Gasteiger partial charge in [-0.15, -0.1) is 0 Å². The minimum atomic E-state index is -0.0165. The molecule has 0 saturated heterocycles. The molecule has 0 amide bonds. The summed E-state index contributed by atoms with van der Waals surface area (Å²) in [6, 6.07) is 4.58. The molecule has 110 valence electrons. The van der Waals surface area contributed by atoms with E-state index in [0.29, 0.717) is 25.2 Å². The predicted octanol–water partition coefficient (Wildman–Crippen LogP) is 2.71. The number of Topliss-reactive ketones (excluding diaryl/α,β-unsaturated/α-hetero) is 1. The van der Waals surface area contributed by atoms with Gasteiger partial charge in [-0.1, -0.05) is 6.07 Å². The molecule has 1 fully saturated rings. The van der Waals surface area contributed by atoms with Crippen LogP contribution in [0.4, 0.5) is 0 Å². The Labute approximate surface area is 119 Å². The van der Waals surface area contributed by atoms with Crippen molar-refractivity contribution < 1.29 is 20.1 Å². The van der Waals surface area contributed by atoms with Crippen LogP contribution in [0.1, 0.15) is 50.0 Å². The first-order valence-electron chi connectivity index (χ1n) is 7.26. The van der Waals surface area contributed by atoms with Gasteiger partial charge in [-0.05, 0) is 49.1 Å². The molecule has 1 aliphatic rings. The van der Waals surface area contributed by atoms with E-state index in [1.54, 1.807) is 12.1 Å². The highest BCUT2D eigenvalue weighted by atomic mass is 16.3. The van der Waals surface area contributed by atoms with E-state index in [0.717, 1.165) is 24.8 Å². The Hall–Kier alpha value is -1.55. The summed E-state index contributed by atoms with van der Waals surface area (Å²) in [6.45, 7) is 0.152. The number of carbonyl (C=O) groups is 1. The van der Waals surface area contributed by atoms with Crippen molar-refractivity contribution in [3.05, 3.63) is 23.8 Å². The topological polar surface area (TPSA) is 77.8 Å². The summed E-state index contributed by atoms with van der Waals surface area (Å²) >= 11 is 0. The zero-order valence-corrected chi connectivity index (χ0v) is 11.6. The molecule has 0 spiro atoms. The maximum Gasteiger partial charge on any atom is 0.133 e. The number of benzene rings is 1. The minimum Gasteiger partial charge on any atom is -0.508 e. The molecule has 3 N–H and O–H groups in total. The van der Waals surface area contributed by atoms with E-state index in [1.165, 1.54) is 6.07 Å². The second-order valence-corrected chi connectivity index (χ2v) is 5.61. The Morgan fingerprint density at radius 2 is 2.05 bits per heavy atom. The van der Waals surface area contributed by atoms with E-state index >= 15 is 0 Å². The molecule has 0 heterocycles. The number of phenolic OH excluding ortho intramolecular Hbond substituents is 2. The van der Waals surface area contributed by atoms with Gasteiger partial charge < -0.3 is 15.3 Å². The fraction of sp³-hybridized carbons (Fsp3) is 0.562. The van der Waals surface area contributed by atoms with Crippen molar-refractivity contribution in [1.82, 2.24) is 0 Å². The Kier molecular flexibility index (Phi) is 5.01. The monoisotopic (exact) mass is 278 g/mol. The van der Waals surface area contributed by atoms with Crippen LogP contribution < -0.4 is 0 Å². The zero-order valence-electron chi connectivity index (χ0n) is 11.6. The summed E-state index contributed by atoms with van der Waals surface area (Å²) in [7, 11) is 0. The van der Waals surface area contributed by atoms with Crippen molar-refractivity contribution in [2.24, 2.45) is 5.92 Å². The molecular weight excluding hydrogens is 256 g/mol. The van der Waals surface area contributed by atoms with Gasteiger partial charge in [-0.2, -0.15) is 0 Å². The third-order valence-corrected chi connectivity index (χ3v) is 4.19. The molecule has 1 aromatic rings. The summed E-state index contributed by atoms with van der Waals surface area (Å²) in [5, 5.41) is 28.5. The number of aromatic hydroxyl groups is 2. The normalized spacial score (nSPS) is 23.6. The Morgan fingerprint density at radius 3 is 2.75 bits per heavy atom. The van der Waals surface area contributed by atoms with Gasteiger partial charge in [0, 0.05) is 25.5 Å². The van der Waals surface area contributed by atoms with Crippen molar-refractivity contribution in [3.8, 4) is 11.5 Å². The average molecular weight is 278 g/mol. The number of hydrogen-bond acceptors (Lipinski definition) is 4. The van der Waals surface area contributed by atoms with Crippen LogP contribution in [0.15, 0.2) is 18.2 Å².